The molecule has 2 atom stereocenters. The van der Waals surface area contributed by atoms with Crippen molar-refractivity contribution in [2.75, 3.05) is 6.61 Å². The first kappa shape index (κ1) is 10.9. The molecule has 0 spiro atoms. The lowest BCUT2D eigenvalue weighted by atomic mass is 10.4. The minimum absolute atomic E-state index is 0.0580. The number of sulfone groups is 1. The lowest BCUT2D eigenvalue weighted by Gasteiger charge is -2.02. The Balaban J connectivity index is 2.27. The first-order chi connectivity index (χ1) is 7.05. The molecule has 0 radical (unpaired) electrons. The van der Waals surface area contributed by atoms with Gasteiger partial charge < -0.3 is 5.11 Å². The van der Waals surface area contributed by atoms with Gasteiger partial charge in [-0.3, -0.25) is 0 Å². The fraction of sp³-hybridized carbons (Fsp3) is 0.400. The maximum atomic E-state index is 11.9. The molecule has 0 amide bonds. The van der Waals surface area contributed by atoms with Gasteiger partial charge in [0.2, 0.25) is 0 Å². The number of aliphatic hydroxyl groups excluding tert-OH is 1. The van der Waals surface area contributed by atoms with Crippen LogP contribution in [0.2, 0.25) is 5.02 Å². The van der Waals surface area contributed by atoms with Crippen molar-refractivity contribution in [1.29, 1.82) is 0 Å². The number of halogens is 1. The van der Waals surface area contributed by atoms with Crippen LogP contribution in [-0.2, 0) is 9.84 Å². The Morgan fingerprint density at radius 2 is 1.93 bits per heavy atom. The third-order valence-corrected chi connectivity index (χ3v) is 5.19. The highest BCUT2D eigenvalue weighted by Gasteiger charge is 2.47. The van der Waals surface area contributed by atoms with Crippen LogP contribution in [0.25, 0.3) is 0 Å². The molecule has 1 aromatic rings. The van der Waals surface area contributed by atoms with Gasteiger partial charge in [0.1, 0.15) is 0 Å². The van der Waals surface area contributed by atoms with Gasteiger partial charge in [-0.15, -0.1) is 0 Å². The Kier molecular flexibility index (Phi) is 2.75. The molecule has 0 heterocycles. The second kappa shape index (κ2) is 3.77. The van der Waals surface area contributed by atoms with Gasteiger partial charge in [-0.05, 0) is 30.7 Å². The van der Waals surface area contributed by atoms with E-state index in [1.165, 1.54) is 12.1 Å². The predicted molar refractivity (Wildman–Crippen MR) is 57.6 cm³/mol. The van der Waals surface area contributed by atoms with Crippen molar-refractivity contribution in [2.45, 2.75) is 16.6 Å². The summed E-state index contributed by atoms with van der Waals surface area (Å²) in [7, 11) is -3.26. The second-order valence-corrected chi connectivity index (χ2v) is 6.32. The number of hydrogen-bond donors (Lipinski definition) is 1. The van der Waals surface area contributed by atoms with Crippen LogP contribution in [0.1, 0.15) is 6.42 Å². The highest BCUT2D eigenvalue weighted by atomic mass is 35.5. The molecule has 0 saturated heterocycles. The summed E-state index contributed by atoms with van der Waals surface area (Å²) in [5.41, 5.74) is 0. The molecular weight excluding hydrogens is 236 g/mol. The molecule has 0 aromatic heterocycles. The molecule has 1 aromatic carbocycles. The summed E-state index contributed by atoms with van der Waals surface area (Å²) in [4.78, 5) is 0.285. The van der Waals surface area contributed by atoms with Crippen LogP contribution in [0.5, 0.6) is 0 Å². The van der Waals surface area contributed by atoms with E-state index < -0.39 is 15.1 Å². The van der Waals surface area contributed by atoms with E-state index in [9.17, 15) is 8.42 Å². The van der Waals surface area contributed by atoms with Gasteiger partial charge in [0, 0.05) is 17.5 Å². The first-order valence-electron chi connectivity index (χ1n) is 4.66. The van der Waals surface area contributed by atoms with Gasteiger partial charge in [0.25, 0.3) is 0 Å². The summed E-state index contributed by atoms with van der Waals surface area (Å²) in [6.07, 6.45) is 0.557. The van der Waals surface area contributed by atoms with Crippen molar-refractivity contribution in [1.82, 2.24) is 0 Å². The van der Waals surface area contributed by atoms with Crippen LogP contribution in [0, 0.1) is 5.92 Å². The normalized spacial score (nSPS) is 25.2. The van der Waals surface area contributed by atoms with Crippen LogP contribution >= 0.6 is 11.6 Å². The summed E-state index contributed by atoms with van der Waals surface area (Å²) in [6, 6.07) is 6.13. The summed E-state index contributed by atoms with van der Waals surface area (Å²) < 4.78 is 23.8. The van der Waals surface area contributed by atoms with E-state index in [1.54, 1.807) is 12.1 Å². The van der Waals surface area contributed by atoms with E-state index in [0.717, 1.165) is 0 Å². The van der Waals surface area contributed by atoms with Crippen LogP contribution < -0.4 is 0 Å². The molecule has 0 bridgehead atoms. The summed E-state index contributed by atoms with van der Waals surface area (Å²) in [5.74, 6) is -0.0920. The van der Waals surface area contributed by atoms with Gasteiger partial charge >= 0.3 is 0 Å². The lowest BCUT2D eigenvalue weighted by molar-refractivity contribution is 0.277. The zero-order valence-corrected chi connectivity index (χ0v) is 9.50. The Bertz CT molecular complexity index is 452. The van der Waals surface area contributed by atoms with Crippen LogP contribution in [0.3, 0.4) is 0 Å². The maximum absolute atomic E-state index is 11.9. The standard InChI is InChI=1S/C10H11ClO3S/c11-8-1-3-9(4-2-8)15(13,14)10-5-7(10)6-12/h1-4,7,10,12H,5-6H2. The molecule has 1 saturated carbocycles. The second-order valence-electron chi connectivity index (χ2n) is 3.72. The quantitative estimate of drug-likeness (QED) is 0.879. The highest BCUT2D eigenvalue weighted by molar-refractivity contribution is 7.92. The largest absolute Gasteiger partial charge is 0.396 e. The summed E-state index contributed by atoms with van der Waals surface area (Å²) in [6.45, 7) is -0.0580. The van der Waals surface area contributed by atoms with Crippen molar-refractivity contribution in [3.63, 3.8) is 0 Å². The number of aliphatic hydroxyl groups is 1. The SMILES string of the molecule is O=S(=O)(c1ccc(Cl)cc1)C1CC1CO. The van der Waals surface area contributed by atoms with Crippen molar-refractivity contribution in [3.05, 3.63) is 29.3 Å². The third kappa shape index (κ3) is 2.02. The maximum Gasteiger partial charge on any atom is 0.181 e. The van der Waals surface area contributed by atoms with Crippen molar-refractivity contribution in [3.8, 4) is 0 Å². The van der Waals surface area contributed by atoms with Gasteiger partial charge in [0.05, 0.1) is 10.1 Å². The zero-order chi connectivity index (χ0) is 11.1. The average molecular weight is 247 g/mol. The monoisotopic (exact) mass is 246 g/mol. The van der Waals surface area contributed by atoms with Crippen molar-refractivity contribution < 1.29 is 13.5 Å². The fourth-order valence-electron chi connectivity index (χ4n) is 1.59. The van der Waals surface area contributed by atoms with Crippen LogP contribution in [0.15, 0.2) is 29.2 Å². The molecule has 2 rings (SSSR count). The van der Waals surface area contributed by atoms with Gasteiger partial charge in [-0.1, -0.05) is 11.6 Å². The highest BCUT2D eigenvalue weighted by Crippen LogP contribution is 2.40. The molecule has 1 fully saturated rings. The minimum Gasteiger partial charge on any atom is -0.396 e. The summed E-state index contributed by atoms with van der Waals surface area (Å²) in [5, 5.41) is 8.95. The molecule has 5 heteroatoms. The Hall–Kier alpha value is -0.580. The number of benzene rings is 1. The topological polar surface area (TPSA) is 54.4 Å². The van der Waals surface area contributed by atoms with Gasteiger partial charge in [-0.25, -0.2) is 8.42 Å². The van der Waals surface area contributed by atoms with Gasteiger partial charge in [-0.2, -0.15) is 0 Å². The lowest BCUT2D eigenvalue weighted by Crippen LogP contribution is -2.10. The summed E-state index contributed by atoms with van der Waals surface area (Å²) >= 11 is 5.68. The predicted octanol–water partition coefficient (Wildman–Crippen LogP) is 1.49. The van der Waals surface area contributed by atoms with E-state index in [-0.39, 0.29) is 17.4 Å². The molecule has 1 aliphatic rings. The fourth-order valence-corrected chi connectivity index (χ4v) is 3.68. The third-order valence-electron chi connectivity index (χ3n) is 2.63. The van der Waals surface area contributed by atoms with E-state index in [0.29, 0.717) is 11.4 Å². The van der Waals surface area contributed by atoms with E-state index >= 15 is 0 Å². The minimum atomic E-state index is -3.26. The Morgan fingerprint density at radius 3 is 2.40 bits per heavy atom. The van der Waals surface area contributed by atoms with E-state index in [4.69, 9.17) is 16.7 Å². The van der Waals surface area contributed by atoms with E-state index in [2.05, 4.69) is 0 Å². The zero-order valence-electron chi connectivity index (χ0n) is 7.93. The number of rotatable bonds is 3. The molecule has 3 nitrogen and oxygen atoms in total. The molecule has 1 N–H and O–H groups in total. The Morgan fingerprint density at radius 1 is 1.33 bits per heavy atom. The smallest absolute Gasteiger partial charge is 0.181 e. The van der Waals surface area contributed by atoms with Crippen LogP contribution in [-0.4, -0.2) is 25.4 Å². The van der Waals surface area contributed by atoms with E-state index in [1.807, 2.05) is 0 Å². The van der Waals surface area contributed by atoms with Crippen LogP contribution in [0.4, 0.5) is 0 Å². The molecule has 0 aliphatic heterocycles. The van der Waals surface area contributed by atoms with Crippen molar-refractivity contribution >= 4 is 21.4 Å². The molecule has 1 aliphatic carbocycles. The molecule has 15 heavy (non-hydrogen) atoms. The number of hydrogen-bond acceptors (Lipinski definition) is 3. The average Bonchev–Trinajstić information content (AvgIpc) is 2.98. The molecule has 82 valence electrons. The van der Waals surface area contributed by atoms with Crippen molar-refractivity contribution in [2.24, 2.45) is 5.92 Å². The Labute approximate surface area is 93.6 Å². The molecule has 2 unspecified atom stereocenters. The first-order valence-corrected chi connectivity index (χ1v) is 6.58. The molecular formula is C10H11ClO3S. The van der Waals surface area contributed by atoms with Gasteiger partial charge in [0.15, 0.2) is 9.84 Å².